The summed E-state index contributed by atoms with van der Waals surface area (Å²) in [5.74, 6) is 0.971. The Balaban J connectivity index is 1.72. The third kappa shape index (κ3) is 5.04. The van der Waals surface area contributed by atoms with E-state index >= 15 is 0 Å². The van der Waals surface area contributed by atoms with Gasteiger partial charge in [0.25, 0.3) is 0 Å². The normalized spacial score (nSPS) is 23.0. The molecule has 116 valence electrons. The van der Waals surface area contributed by atoms with E-state index in [0.29, 0.717) is 19.0 Å². The minimum Gasteiger partial charge on any atom is -0.353 e. The van der Waals surface area contributed by atoms with E-state index in [1.165, 1.54) is 19.4 Å². The molecule has 1 amide bonds. The molecule has 1 saturated heterocycles. The molecule has 3 N–H and O–H groups in total. The first-order chi connectivity index (χ1) is 9.58. The van der Waals surface area contributed by atoms with E-state index < -0.39 is 0 Å². The van der Waals surface area contributed by atoms with Gasteiger partial charge in [-0.25, -0.2) is 0 Å². The van der Waals surface area contributed by atoms with Crippen LogP contribution in [-0.2, 0) is 4.79 Å². The highest BCUT2D eigenvalue weighted by Gasteiger charge is 2.28. The summed E-state index contributed by atoms with van der Waals surface area (Å²) < 4.78 is 0. The van der Waals surface area contributed by atoms with Crippen LogP contribution in [0.1, 0.15) is 32.1 Å². The van der Waals surface area contributed by atoms with Gasteiger partial charge in [-0.15, -0.1) is 0 Å². The molecule has 0 radical (unpaired) electrons. The topological polar surface area (TPSA) is 61.6 Å². The Hall–Kier alpha value is -0.650. The van der Waals surface area contributed by atoms with Gasteiger partial charge >= 0.3 is 0 Å². The van der Waals surface area contributed by atoms with Crippen LogP contribution in [-0.4, -0.2) is 68.1 Å². The van der Waals surface area contributed by atoms with Crippen molar-refractivity contribution < 1.29 is 4.79 Å². The van der Waals surface area contributed by atoms with E-state index in [0.717, 1.165) is 31.8 Å². The molecule has 1 saturated carbocycles. The number of hydrogen-bond acceptors (Lipinski definition) is 4. The number of carbonyl (C=O) groups excluding carboxylic acids is 1. The molecule has 0 spiro atoms. The van der Waals surface area contributed by atoms with Crippen molar-refractivity contribution in [2.75, 3.05) is 40.3 Å². The predicted octanol–water partition coefficient (Wildman–Crippen LogP) is 0.256. The van der Waals surface area contributed by atoms with Crippen LogP contribution in [0.15, 0.2) is 0 Å². The van der Waals surface area contributed by atoms with Crippen molar-refractivity contribution in [1.29, 1.82) is 0 Å². The largest absolute Gasteiger partial charge is 0.353 e. The van der Waals surface area contributed by atoms with Gasteiger partial charge in [0.05, 0.1) is 0 Å². The maximum Gasteiger partial charge on any atom is 0.221 e. The molecule has 1 atom stereocenters. The summed E-state index contributed by atoms with van der Waals surface area (Å²) in [4.78, 5) is 16.6. The second-order valence-electron chi connectivity index (χ2n) is 6.68. The van der Waals surface area contributed by atoms with Crippen molar-refractivity contribution in [1.82, 2.24) is 15.1 Å². The minimum absolute atomic E-state index is 0.179. The van der Waals surface area contributed by atoms with Crippen molar-refractivity contribution in [2.24, 2.45) is 11.7 Å². The van der Waals surface area contributed by atoms with Crippen LogP contribution in [0.2, 0.25) is 0 Å². The summed E-state index contributed by atoms with van der Waals surface area (Å²) in [5, 5.41) is 3.06. The number of amides is 1. The Bertz CT molecular complexity index is 309. The SMILES string of the molecule is CN(C)CC1CCN(C(CN)CC(=O)NC2CC2)CC1. The highest BCUT2D eigenvalue weighted by Crippen LogP contribution is 2.21. The van der Waals surface area contributed by atoms with E-state index in [2.05, 4.69) is 29.2 Å². The lowest BCUT2D eigenvalue weighted by molar-refractivity contribution is -0.122. The van der Waals surface area contributed by atoms with Gasteiger partial charge in [0.15, 0.2) is 0 Å². The van der Waals surface area contributed by atoms with E-state index in [4.69, 9.17) is 5.73 Å². The quantitative estimate of drug-likeness (QED) is 0.703. The zero-order valence-electron chi connectivity index (χ0n) is 13.0. The standard InChI is InChI=1S/C15H30N4O/c1-18(2)11-12-5-7-19(8-6-12)14(10-16)9-15(20)17-13-3-4-13/h12-14H,3-11,16H2,1-2H3,(H,17,20). The molecule has 2 fully saturated rings. The summed E-state index contributed by atoms with van der Waals surface area (Å²) in [5.41, 5.74) is 5.88. The van der Waals surface area contributed by atoms with Crippen molar-refractivity contribution in [2.45, 2.75) is 44.2 Å². The second-order valence-corrected chi connectivity index (χ2v) is 6.68. The Morgan fingerprint density at radius 1 is 1.30 bits per heavy atom. The number of carbonyl (C=O) groups is 1. The Kier molecular flexibility index (Phi) is 5.81. The number of nitrogens with one attached hydrogen (secondary N) is 1. The van der Waals surface area contributed by atoms with Crippen LogP contribution in [0.25, 0.3) is 0 Å². The van der Waals surface area contributed by atoms with Gasteiger partial charge in [0.2, 0.25) is 5.91 Å². The van der Waals surface area contributed by atoms with Gasteiger partial charge in [0.1, 0.15) is 0 Å². The summed E-state index contributed by atoms with van der Waals surface area (Å²) in [6, 6.07) is 0.667. The summed E-state index contributed by atoms with van der Waals surface area (Å²) >= 11 is 0. The van der Waals surface area contributed by atoms with Crippen LogP contribution in [0.5, 0.6) is 0 Å². The fourth-order valence-corrected chi connectivity index (χ4v) is 3.11. The molecule has 0 aromatic rings. The molecular formula is C15H30N4O. The molecule has 20 heavy (non-hydrogen) atoms. The zero-order chi connectivity index (χ0) is 14.5. The molecule has 1 aliphatic carbocycles. The third-order valence-corrected chi connectivity index (χ3v) is 4.42. The van der Waals surface area contributed by atoms with Gasteiger partial charge in [-0.3, -0.25) is 9.69 Å². The molecule has 0 aromatic carbocycles. The first-order valence-electron chi connectivity index (χ1n) is 7.96. The van der Waals surface area contributed by atoms with Crippen LogP contribution in [0.3, 0.4) is 0 Å². The maximum absolute atomic E-state index is 11.9. The number of piperidine rings is 1. The number of likely N-dealkylation sites (tertiary alicyclic amines) is 1. The van der Waals surface area contributed by atoms with Crippen LogP contribution >= 0.6 is 0 Å². The number of nitrogens with zero attached hydrogens (tertiary/aromatic N) is 2. The van der Waals surface area contributed by atoms with Crippen LogP contribution in [0.4, 0.5) is 0 Å². The number of hydrogen-bond donors (Lipinski definition) is 2. The average molecular weight is 282 g/mol. The monoisotopic (exact) mass is 282 g/mol. The zero-order valence-corrected chi connectivity index (χ0v) is 13.0. The van der Waals surface area contributed by atoms with Gasteiger partial charge in [-0.2, -0.15) is 0 Å². The molecular weight excluding hydrogens is 252 g/mol. The number of rotatable bonds is 7. The highest BCUT2D eigenvalue weighted by atomic mass is 16.1. The van der Waals surface area contributed by atoms with E-state index in [1.54, 1.807) is 0 Å². The first-order valence-corrected chi connectivity index (χ1v) is 7.96. The second kappa shape index (κ2) is 7.38. The fourth-order valence-electron chi connectivity index (χ4n) is 3.11. The van der Waals surface area contributed by atoms with E-state index in [9.17, 15) is 4.79 Å². The fraction of sp³-hybridized carbons (Fsp3) is 0.933. The Morgan fingerprint density at radius 2 is 1.95 bits per heavy atom. The third-order valence-electron chi connectivity index (χ3n) is 4.42. The molecule has 5 nitrogen and oxygen atoms in total. The van der Waals surface area contributed by atoms with Crippen LogP contribution < -0.4 is 11.1 Å². The minimum atomic E-state index is 0.179. The molecule has 1 aliphatic heterocycles. The lowest BCUT2D eigenvalue weighted by atomic mass is 9.94. The number of nitrogens with two attached hydrogens (primary N) is 1. The molecule has 0 aromatic heterocycles. The van der Waals surface area contributed by atoms with E-state index in [1.807, 2.05) is 0 Å². The van der Waals surface area contributed by atoms with Gasteiger partial charge in [-0.05, 0) is 58.8 Å². The lowest BCUT2D eigenvalue weighted by Gasteiger charge is -2.37. The maximum atomic E-state index is 11.9. The molecule has 2 aliphatic rings. The summed E-state index contributed by atoms with van der Waals surface area (Å²) in [6.45, 7) is 3.91. The summed E-state index contributed by atoms with van der Waals surface area (Å²) in [6.07, 6.45) is 5.30. The molecule has 0 bridgehead atoms. The van der Waals surface area contributed by atoms with Crippen molar-refractivity contribution in [3.63, 3.8) is 0 Å². The van der Waals surface area contributed by atoms with Crippen molar-refractivity contribution in [3.8, 4) is 0 Å². The molecule has 5 heteroatoms. The van der Waals surface area contributed by atoms with Crippen LogP contribution in [0, 0.1) is 5.92 Å². The van der Waals surface area contributed by atoms with Gasteiger partial charge < -0.3 is 16.0 Å². The molecule has 1 heterocycles. The van der Waals surface area contributed by atoms with E-state index in [-0.39, 0.29) is 11.9 Å². The molecule has 1 unspecified atom stereocenters. The van der Waals surface area contributed by atoms with Gasteiger partial charge in [0, 0.05) is 31.6 Å². The van der Waals surface area contributed by atoms with Crippen molar-refractivity contribution >= 4 is 5.91 Å². The van der Waals surface area contributed by atoms with Gasteiger partial charge in [-0.1, -0.05) is 0 Å². The lowest BCUT2D eigenvalue weighted by Crippen LogP contribution is -2.48. The first kappa shape index (κ1) is 15.7. The van der Waals surface area contributed by atoms with Crippen molar-refractivity contribution in [3.05, 3.63) is 0 Å². The average Bonchev–Trinajstić information content (AvgIpc) is 3.20. The Labute approximate surface area is 122 Å². The predicted molar refractivity (Wildman–Crippen MR) is 81.5 cm³/mol. The summed E-state index contributed by atoms with van der Waals surface area (Å²) in [7, 11) is 4.27. The Morgan fingerprint density at radius 3 is 2.45 bits per heavy atom. The smallest absolute Gasteiger partial charge is 0.221 e. The highest BCUT2D eigenvalue weighted by molar-refractivity contribution is 5.77. The molecule has 2 rings (SSSR count).